The zero-order valence-electron chi connectivity index (χ0n) is 11.1. The Morgan fingerprint density at radius 3 is 2.94 bits per heavy atom. The molecule has 1 unspecified atom stereocenters. The molecule has 18 heavy (non-hydrogen) atoms. The summed E-state index contributed by atoms with van der Waals surface area (Å²) < 4.78 is 1.81. The van der Waals surface area contributed by atoms with Crippen LogP contribution in [0.4, 0.5) is 5.82 Å². The third kappa shape index (κ3) is 2.79. The maximum absolute atomic E-state index is 9.74. The second-order valence-corrected chi connectivity index (χ2v) is 4.92. The van der Waals surface area contributed by atoms with Crippen molar-refractivity contribution in [2.24, 2.45) is 5.92 Å². The van der Waals surface area contributed by atoms with Crippen LogP contribution in [0.2, 0.25) is 0 Å². The van der Waals surface area contributed by atoms with Crippen molar-refractivity contribution < 1.29 is 5.11 Å². The van der Waals surface area contributed by atoms with Crippen molar-refractivity contribution in [1.82, 2.24) is 14.6 Å². The topological polar surface area (TPSA) is 62.5 Å². The molecule has 0 aliphatic carbocycles. The third-order valence-corrected chi connectivity index (χ3v) is 3.01. The zero-order chi connectivity index (χ0) is 13.1. The summed E-state index contributed by atoms with van der Waals surface area (Å²) in [7, 11) is 0. The van der Waals surface area contributed by atoms with Gasteiger partial charge in [-0.1, -0.05) is 13.8 Å². The predicted octanol–water partition coefficient (Wildman–Crippen LogP) is 1.86. The highest BCUT2D eigenvalue weighted by Crippen LogP contribution is 2.15. The van der Waals surface area contributed by atoms with Gasteiger partial charge in [-0.2, -0.15) is 5.10 Å². The Kier molecular flexibility index (Phi) is 3.81. The Balaban J connectivity index is 2.03. The van der Waals surface area contributed by atoms with Crippen LogP contribution in [0.5, 0.6) is 0 Å². The van der Waals surface area contributed by atoms with Crippen molar-refractivity contribution in [3.8, 4) is 0 Å². The normalized spacial score (nSPS) is 13.2. The molecule has 2 rings (SSSR count). The summed E-state index contributed by atoms with van der Waals surface area (Å²) in [5, 5.41) is 17.3. The standard InChI is InChI=1S/C13H20N4O/c1-9(2)12(18)4-5-14-13-11-8-10(3)16-17(11)7-6-15-13/h6-9,12,18H,4-5H2,1-3H3,(H,14,15). The van der Waals surface area contributed by atoms with Gasteiger partial charge in [0.15, 0.2) is 5.82 Å². The molecule has 2 aromatic heterocycles. The molecule has 2 heterocycles. The van der Waals surface area contributed by atoms with Crippen molar-refractivity contribution in [3.05, 3.63) is 24.2 Å². The fourth-order valence-electron chi connectivity index (χ4n) is 1.85. The summed E-state index contributed by atoms with van der Waals surface area (Å²) in [5.41, 5.74) is 1.93. The lowest BCUT2D eigenvalue weighted by atomic mass is 10.0. The molecule has 0 aliphatic heterocycles. The lowest BCUT2D eigenvalue weighted by molar-refractivity contribution is 0.120. The summed E-state index contributed by atoms with van der Waals surface area (Å²) in [6.07, 6.45) is 3.99. The molecule has 0 aromatic carbocycles. The minimum absolute atomic E-state index is 0.274. The smallest absolute Gasteiger partial charge is 0.152 e. The number of fused-ring (bicyclic) bond motifs is 1. The van der Waals surface area contributed by atoms with Crippen molar-refractivity contribution in [2.75, 3.05) is 11.9 Å². The molecule has 2 N–H and O–H groups in total. The van der Waals surface area contributed by atoms with Crippen molar-refractivity contribution in [3.63, 3.8) is 0 Å². The van der Waals surface area contributed by atoms with Gasteiger partial charge in [0.05, 0.1) is 11.8 Å². The highest BCUT2D eigenvalue weighted by molar-refractivity contribution is 5.67. The highest BCUT2D eigenvalue weighted by Gasteiger charge is 2.09. The van der Waals surface area contributed by atoms with E-state index in [2.05, 4.69) is 15.4 Å². The van der Waals surface area contributed by atoms with Gasteiger partial charge < -0.3 is 10.4 Å². The molecule has 0 aliphatic rings. The molecule has 0 fully saturated rings. The third-order valence-electron chi connectivity index (χ3n) is 3.01. The number of nitrogens with zero attached hydrogens (tertiary/aromatic N) is 3. The SMILES string of the molecule is Cc1cc2c(NCCC(O)C(C)C)nccn2n1. The summed E-state index contributed by atoms with van der Waals surface area (Å²) in [5.74, 6) is 1.10. The summed E-state index contributed by atoms with van der Waals surface area (Å²) in [6.45, 7) is 6.70. The number of aliphatic hydroxyl groups is 1. The molecule has 0 amide bonds. The van der Waals surface area contributed by atoms with Gasteiger partial charge >= 0.3 is 0 Å². The first-order valence-corrected chi connectivity index (χ1v) is 6.31. The van der Waals surface area contributed by atoms with Gasteiger partial charge in [-0.25, -0.2) is 9.50 Å². The number of nitrogens with one attached hydrogen (secondary N) is 1. The van der Waals surface area contributed by atoms with Crippen LogP contribution in [0.1, 0.15) is 26.0 Å². The maximum Gasteiger partial charge on any atom is 0.152 e. The molecule has 0 bridgehead atoms. The average molecular weight is 248 g/mol. The fraction of sp³-hybridized carbons (Fsp3) is 0.538. The number of anilines is 1. The monoisotopic (exact) mass is 248 g/mol. The van der Waals surface area contributed by atoms with Gasteiger partial charge in [-0.15, -0.1) is 0 Å². The van der Waals surface area contributed by atoms with Crippen LogP contribution in [0.15, 0.2) is 18.5 Å². The second-order valence-electron chi connectivity index (χ2n) is 4.92. The molecule has 0 saturated heterocycles. The molecule has 98 valence electrons. The first kappa shape index (κ1) is 12.8. The van der Waals surface area contributed by atoms with E-state index >= 15 is 0 Å². The minimum Gasteiger partial charge on any atom is -0.393 e. The molecule has 0 radical (unpaired) electrons. The van der Waals surface area contributed by atoms with Crippen LogP contribution in [0, 0.1) is 12.8 Å². The molecule has 5 nitrogen and oxygen atoms in total. The van der Waals surface area contributed by atoms with Crippen LogP contribution in [-0.4, -0.2) is 32.4 Å². The number of hydrogen-bond donors (Lipinski definition) is 2. The van der Waals surface area contributed by atoms with Crippen molar-refractivity contribution in [2.45, 2.75) is 33.3 Å². The van der Waals surface area contributed by atoms with Crippen LogP contribution >= 0.6 is 0 Å². The van der Waals surface area contributed by atoms with Gasteiger partial charge in [0.2, 0.25) is 0 Å². The minimum atomic E-state index is -0.274. The molecular formula is C13H20N4O. The molecular weight excluding hydrogens is 228 g/mol. The quantitative estimate of drug-likeness (QED) is 0.847. The van der Waals surface area contributed by atoms with Crippen molar-refractivity contribution >= 4 is 11.3 Å². The Morgan fingerprint density at radius 1 is 1.44 bits per heavy atom. The first-order valence-electron chi connectivity index (χ1n) is 6.31. The molecule has 5 heteroatoms. The first-order chi connectivity index (χ1) is 8.58. The molecule has 2 aromatic rings. The lowest BCUT2D eigenvalue weighted by Crippen LogP contribution is -2.19. The Morgan fingerprint density at radius 2 is 2.22 bits per heavy atom. The summed E-state index contributed by atoms with van der Waals surface area (Å²) >= 11 is 0. The Hall–Kier alpha value is -1.62. The van der Waals surface area contributed by atoms with E-state index in [1.165, 1.54) is 0 Å². The molecule has 0 spiro atoms. The molecule has 1 atom stereocenters. The van der Waals surface area contributed by atoms with Gasteiger partial charge in [-0.3, -0.25) is 0 Å². The van der Waals surface area contributed by atoms with Gasteiger partial charge in [0.25, 0.3) is 0 Å². The van der Waals surface area contributed by atoms with Gasteiger partial charge in [-0.05, 0) is 25.3 Å². The predicted molar refractivity (Wildman–Crippen MR) is 71.7 cm³/mol. The van der Waals surface area contributed by atoms with E-state index in [4.69, 9.17) is 0 Å². The largest absolute Gasteiger partial charge is 0.393 e. The zero-order valence-corrected chi connectivity index (χ0v) is 11.1. The second kappa shape index (κ2) is 5.35. The van der Waals surface area contributed by atoms with Gasteiger partial charge in [0.1, 0.15) is 5.52 Å². The van der Waals surface area contributed by atoms with E-state index < -0.39 is 0 Å². The summed E-state index contributed by atoms with van der Waals surface area (Å²) in [6, 6.07) is 1.99. The Labute approximate surface area is 107 Å². The summed E-state index contributed by atoms with van der Waals surface area (Å²) in [4.78, 5) is 4.31. The lowest BCUT2D eigenvalue weighted by Gasteiger charge is -2.14. The number of hydrogen-bond acceptors (Lipinski definition) is 4. The van der Waals surface area contributed by atoms with Crippen LogP contribution in [0.3, 0.4) is 0 Å². The number of aliphatic hydroxyl groups excluding tert-OH is 1. The van der Waals surface area contributed by atoms with E-state index in [0.29, 0.717) is 13.0 Å². The van der Waals surface area contributed by atoms with Crippen LogP contribution < -0.4 is 5.32 Å². The van der Waals surface area contributed by atoms with Crippen LogP contribution in [0.25, 0.3) is 5.52 Å². The number of aromatic nitrogens is 3. The van der Waals surface area contributed by atoms with E-state index in [-0.39, 0.29) is 12.0 Å². The van der Waals surface area contributed by atoms with E-state index in [1.807, 2.05) is 37.5 Å². The molecule has 0 saturated carbocycles. The van der Waals surface area contributed by atoms with E-state index in [9.17, 15) is 5.11 Å². The van der Waals surface area contributed by atoms with Crippen LogP contribution in [-0.2, 0) is 0 Å². The van der Waals surface area contributed by atoms with E-state index in [1.54, 1.807) is 6.20 Å². The number of rotatable bonds is 5. The van der Waals surface area contributed by atoms with Gasteiger partial charge in [0, 0.05) is 18.9 Å². The van der Waals surface area contributed by atoms with E-state index in [0.717, 1.165) is 17.0 Å². The fourth-order valence-corrected chi connectivity index (χ4v) is 1.85. The Bertz CT molecular complexity index is 521. The van der Waals surface area contributed by atoms with Crippen molar-refractivity contribution in [1.29, 1.82) is 0 Å². The number of aryl methyl sites for hydroxylation is 1. The maximum atomic E-state index is 9.74. The average Bonchev–Trinajstić information content (AvgIpc) is 2.70. The highest BCUT2D eigenvalue weighted by atomic mass is 16.3.